The van der Waals surface area contributed by atoms with Gasteiger partial charge in [-0.15, -0.1) is 0 Å². The summed E-state index contributed by atoms with van der Waals surface area (Å²) in [5.41, 5.74) is 0.877. The minimum Gasteiger partial charge on any atom is -0.392 e. The quantitative estimate of drug-likeness (QED) is 0.912. The van der Waals surface area contributed by atoms with E-state index in [1.807, 2.05) is 0 Å². The van der Waals surface area contributed by atoms with Crippen molar-refractivity contribution in [3.05, 3.63) is 40.8 Å². The molecule has 1 N–H and O–H groups in total. The summed E-state index contributed by atoms with van der Waals surface area (Å²) in [5.74, 6) is 0.218. The summed E-state index contributed by atoms with van der Waals surface area (Å²) in [7, 11) is 0. The Bertz CT molecular complexity index is 605. The monoisotopic (exact) mass is 271 g/mol. The van der Waals surface area contributed by atoms with Gasteiger partial charge in [0.25, 0.3) is 0 Å². The number of rotatable bonds is 2. The molecule has 2 heterocycles. The molecule has 0 radical (unpaired) electrons. The number of aliphatic hydroxyl groups excluding tert-OH is 1. The van der Waals surface area contributed by atoms with Crippen molar-refractivity contribution in [3.8, 4) is 5.82 Å². The molecule has 0 aromatic carbocycles. The van der Waals surface area contributed by atoms with Crippen molar-refractivity contribution in [2.45, 2.75) is 26.6 Å². The van der Waals surface area contributed by atoms with Crippen molar-refractivity contribution in [3.63, 3.8) is 0 Å². The van der Waals surface area contributed by atoms with Crippen LogP contribution in [-0.2, 0) is 12.8 Å². The first-order valence-electron chi connectivity index (χ1n) is 5.54. The number of aryl methyl sites for hydroxylation is 2. The number of nitrogens with zero attached hydrogens (tertiary/aromatic N) is 3. The fourth-order valence-electron chi connectivity index (χ4n) is 1.82. The molecule has 102 valence electrons. The molecule has 0 spiro atoms. The molecule has 0 aliphatic heterocycles. The number of aliphatic hydroxyl groups is 1. The summed E-state index contributed by atoms with van der Waals surface area (Å²) in [6, 6.07) is 2.63. The van der Waals surface area contributed by atoms with Gasteiger partial charge >= 0.3 is 6.18 Å². The van der Waals surface area contributed by atoms with Crippen LogP contribution in [0, 0.1) is 13.8 Å². The van der Waals surface area contributed by atoms with Gasteiger partial charge in [-0.25, -0.2) is 9.67 Å². The lowest BCUT2D eigenvalue weighted by atomic mass is 10.1. The molecule has 2 aromatic rings. The van der Waals surface area contributed by atoms with Gasteiger partial charge in [0.05, 0.1) is 6.61 Å². The SMILES string of the molecule is Cc1cc(C)c(CO)c(-n2ccc(C(F)(F)F)n2)n1. The summed E-state index contributed by atoms with van der Waals surface area (Å²) < 4.78 is 38.6. The zero-order valence-corrected chi connectivity index (χ0v) is 10.4. The highest BCUT2D eigenvalue weighted by Gasteiger charge is 2.33. The molecular weight excluding hydrogens is 259 g/mol. The van der Waals surface area contributed by atoms with Crippen molar-refractivity contribution in [1.29, 1.82) is 0 Å². The number of hydrogen-bond donors (Lipinski definition) is 1. The van der Waals surface area contributed by atoms with Crippen molar-refractivity contribution >= 4 is 0 Å². The third-order valence-corrected chi connectivity index (χ3v) is 2.71. The number of alkyl halides is 3. The number of halogens is 3. The predicted molar refractivity (Wildman–Crippen MR) is 61.8 cm³/mol. The van der Waals surface area contributed by atoms with E-state index in [0.29, 0.717) is 11.3 Å². The summed E-state index contributed by atoms with van der Waals surface area (Å²) >= 11 is 0. The lowest BCUT2D eigenvalue weighted by Gasteiger charge is -2.11. The highest BCUT2D eigenvalue weighted by molar-refractivity contribution is 5.40. The van der Waals surface area contributed by atoms with Crippen LogP contribution in [0.4, 0.5) is 13.2 Å². The molecule has 0 aliphatic rings. The number of aromatic nitrogens is 3. The number of hydrogen-bond acceptors (Lipinski definition) is 3. The highest BCUT2D eigenvalue weighted by Crippen LogP contribution is 2.28. The van der Waals surface area contributed by atoms with E-state index in [1.165, 1.54) is 6.20 Å². The molecule has 0 amide bonds. The molecule has 0 bridgehead atoms. The van der Waals surface area contributed by atoms with Gasteiger partial charge in [0, 0.05) is 17.5 Å². The molecule has 2 rings (SSSR count). The Balaban J connectivity index is 2.56. The lowest BCUT2D eigenvalue weighted by Crippen LogP contribution is -2.10. The van der Waals surface area contributed by atoms with Crippen LogP contribution in [0.25, 0.3) is 5.82 Å². The van der Waals surface area contributed by atoms with Crippen LogP contribution in [0.5, 0.6) is 0 Å². The zero-order chi connectivity index (χ0) is 14.2. The third kappa shape index (κ3) is 2.60. The Morgan fingerprint density at radius 3 is 2.53 bits per heavy atom. The third-order valence-electron chi connectivity index (χ3n) is 2.71. The normalized spacial score (nSPS) is 11.9. The lowest BCUT2D eigenvalue weighted by molar-refractivity contribution is -0.141. The first-order valence-corrected chi connectivity index (χ1v) is 5.54. The fraction of sp³-hybridized carbons (Fsp3) is 0.333. The fourth-order valence-corrected chi connectivity index (χ4v) is 1.82. The standard InChI is InChI=1S/C12H12F3N3O/c1-7-5-8(2)16-11(9(7)6-19)18-4-3-10(17-18)12(13,14)15/h3-5,19H,6H2,1-2H3. The van der Waals surface area contributed by atoms with Crippen LogP contribution in [0.15, 0.2) is 18.3 Å². The Labute approximate surface area is 107 Å². The van der Waals surface area contributed by atoms with Crippen molar-refractivity contribution in [1.82, 2.24) is 14.8 Å². The Morgan fingerprint density at radius 1 is 1.32 bits per heavy atom. The van der Waals surface area contributed by atoms with Gasteiger partial charge in [0.2, 0.25) is 0 Å². The van der Waals surface area contributed by atoms with E-state index in [2.05, 4.69) is 10.1 Å². The van der Waals surface area contributed by atoms with E-state index >= 15 is 0 Å². The van der Waals surface area contributed by atoms with Gasteiger partial charge in [-0.2, -0.15) is 18.3 Å². The molecule has 4 nitrogen and oxygen atoms in total. The highest BCUT2D eigenvalue weighted by atomic mass is 19.4. The maximum Gasteiger partial charge on any atom is 0.435 e. The van der Waals surface area contributed by atoms with Gasteiger partial charge in [-0.3, -0.25) is 0 Å². The molecule has 0 saturated carbocycles. The Hall–Kier alpha value is -1.89. The van der Waals surface area contributed by atoms with E-state index in [4.69, 9.17) is 0 Å². The second kappa shape index (κ2) is 4.65. The van der Waals surface area contributed by atoms with Gasteiger partial charge < -0.3 is 5.11 Å². The molecule has 0 aliphatic carbocycles. The van der Waals surface area contributed by atoms with Gasteiger partial charge in [-0.05, 0) is 31.5 Å². The summed E-state index contributed by atoms with van der Waals surface area (Å²) in [5, 5.41) is 12.8. The van der Waals surface area contributed by atoms with E-state index in [0.717, 1.165) is 16.3 Å². The summed E-state index contributed by atoms with van der Waals surface area (Å²) in [6.45, 7) is 3.18. The topological polar surface area (TPSA) is 50.9 Å². The predicted octanol–water partition coefficient (Wildman–Crippen LogP) is 2.40. The second-order valence-corrected chi connectivity index (χ2v) is 4.18. The first-order chi connectivity index (χ1) is 8.82. The van der Waals surface area contributed by atoms with Crippen LogP contribution in [-0.4, -0.2) is 19.9 Å². The zero-order valence-electron chi connectivity index (χ0n) is 10.4. The molecule has 0 fully saturated rings. The minimum absolute atomic E-state index is 0.218. The first kappa shape index (κ1) is 13.5. The van der Waals surface area contributed by atoms with Crippen LogP contribution in [0.1, 0.15) is 22.5 Å². The molecule has 0 unspecified atom stereocenters. The Morgan fingerprint density at radius 2 is 2.00 bits per heavy atom. The molecule has 2 aromatic heterocycles. The Kier molecular flexibility index (Phi) is 3.32. The summed E-state index contributed by atoms with van der Waals surface area (Å²) in [4.78, 5) is 4.14. The largest absolute Gasteiger partial charge is 0.435 e. The summed E-state index contributed by atoms with van der Waals surface area (Å²) in [6.07, 6.45) is -3.31. The molecule has 0 saturated heterocycles. The van der Waals surface area contributed by atoms with Crippen molar-refractivity contribution < 1.29 is 18.3 Å². The van der Waals surface area contributed by atoms with Crippen LogP contribution < -0.4 is 0 Å². The van der Waals surface area contributed by atoms with Gasteiger partial charge in [0.15, 0.2) is 11.5 Å². The van der Waals surface area contributed by atoms with Gasteiger partial charge in [-0.1, -0.05) is 0 Å². The van der Waals surface area contributed by atoms with Crippen LogP contribution in [0.2, 0.25) is 0 Å². The molecule has 19 heavy (non-hydrogen) atoms. The van der Waals surface area contributed by atoms with E-state index in [9.17, 15) is 18.3 Å². The van der Waals surface area contributed by atoms with Crippen LogP contribution >= 0.6 is 0 Å². The van der Waals surface area contributed by atoms with Gasteiger partial charge in [0.1, 0.15) is 0 Å². The minimum atomic E-state index is -4.50. The average molecular weight is 271 g/mol. The maximum atomic E-state index is 12.5. The van der Waals surface area contributed by atoms with E-state index < -0.39 is 11.9 Å². The molecule has 7 heteroatoms. The second-order valence-electron chi connectivity index (χ2n) is 4.18. The van der Waals surface area contributed by atoms with E-state index in [-0.39, 0.29) is 12.4 Å². The van der Waals surface area contributed by atoms with E-state index in [1.54, 1.807) is 19.9 Å². The number of pyridine rings is 1. The smallest absolute Gasteiger partial charge is 0.392 e. The van der Waals surface area contributed by atoms with Crippen molar-refractivity contribution in [2.24, 2.45) is 0 Å². The van der Waals surface area contributed by atoms with Crippen LogP contribution in [0.3, 0.4) is 0 Å². The molecule has 0 atom stereocenters. The average Bonchev–Trinajstić information content (AvgIpc) is 2.76. The maximum absolute atomic E-state index is 12.5. The molecular formula is C12H12F3N3O. The van der Waals surface area contributed by atoms with Crippen molar-refractivity contribution in [2.75, 3.05) is 0 Å².